The van der Waals surface area contributed by atoms with Crippen molar-refractivity contribution in [2.24, 2.45) is 5.73 Å². The molecule has 0 bridgehead atoms. The molecule has 0 amide bonds. The van der Waals surface area contributed by atoms with Crippen LogP contribution in [0.4, 0.5) is 13.2 Å². The van der Waals surface area contributed by atoms with Gasteiger partial charge in [-0.1, -0.05) is 42.5 Å². The number of fused-ring (bicyclic) bond motifs is 1. The number of aromatic nitrogens is 1. The van der Waals surface area contributed by atoms with Gasteiger partial charge in [-0.25, -0.2) is 0 Å². The molecule has 0 saturated heterocycles. The predicted molar refractivity (Wildman–Crippen MR) is 90.0 cm³/mol. The number of hydrogen-bond donors (Lipinski definition) is 1. The molecule has 0 atom stereocenters. The largest absolute Gasteiger partial charge is 0.416 e. The highest BCUT2D eigenvalue weighted by atomic mass is 19.4. The van der Waals surface area contributed by atoms with Crippen molar-refractivity contribution in [2.45, 2.75) is 12.7 Å². The summed E-state index contributed by atoms with van der Waals surface area (Å²) in [5.74, 6) is 0. The van der Waals surface area contributed by atoms with Crippen LogP contribution in [-0.4, -0.2) is 4.98 Å². The number of nitrogens with zero attached hydrogens (tertiary/aromatic N) is 1. The number of benzene rings is 2. The smallest absolute Gasteiger partial charge is 0.326 e. The number of nitrogens with two attached hydrogens (primary N) is 1. The maximum Gasteiger partial charge on any atom is 0.416 e. The maximum atomic E-state index is 12.6. The molecule has 1 aromatic heterocycles. The third-order valence-corrected chi connectivity index (χ3v) is 3.80. The van der Waals surface area contributed by atoms with Gasteiger partial charge in [0.05, 0.1) is 11.1 Å². The van der Waals surface area contributed by atoms with E-state index in [1.807, 2.05) is 30.3 Å². The van der Waals surface area contributed by atoms with E-state index in [-0.39, 0.29) is 0 Å². The van der Waals surface area contributed by atoms with Crippen LogP contribution in [0.3, 0.4) is 0 Å². The highest BCUT2D eigenvalue weighted by Crippen LogP contribution is 2.29. The van der Waals surface area contributed by atoms with Crippen LogP contribution in [-0.2, 0) is 12.7 Å². The summed E-state index contributed by atoms with van der Waals surface area (Å²) in [6, 6.07) is 12.7. The lowest BCUT2D eigenvalue weighted by molar-refractivity contribution is -0.137. The number of hydrogen-bond acceptors (Lipinski definition) is 2. The first kappa shape index (κ1) is 16.2. The molecule has 24 heavy (non-hydrogen) atoms. The molecule has 5 heteroatoms. The first-order valence-corrected chi connectivity index (χ1v) is 7.41. The SMILES string of the molecule is NCc1ccc(/C=C/c2ccc(C(F)(F)F)cc2)c2ncccc12. The van der Waals surface area contributed by atoms with Crippen LogP contribution < -0.4 is 5.73 Å². The quantitative estimate of drug-likeness (QED) is 0.696. The fraction of sp³-hybridized carbons (Fsp3) is 0.105. The van der Waals surface area contributed by atoms with Gasteiger partial charge in [-0.2, -0.15) is 13.2 Å². The zero-order chi connectivity index (χ0) is 17.2. The van der Waals surface area contributed by atoms with Crippen molar-refractivity contribution in [3.63, 3.8) is 0 Å². The molecule has 122 valence electrons. The summed E-state index contributed by atoms with van der Waals surface area (Å²) >= 11 is 0. The second-order valence-corrected chi connectivity index (χ2v) is 5.37. The first-order chi connectivity index (χ1) is 11.5. The van der Waals surface area contributed by atoms with E-state index in [4.69, 9.17) is 5.73 Å². The summed E-state index contributed by atoms with van der Waals surface area (Å²) in [5, 5.41) is 0.981. The fourth-order valence-corrected chi connectivity index (χ4v) is 2.54. The minimum absolute atomic E-state index is 0.422. The van der Waals surface area contributed by atoms with Crippen LogP contribution in [0.2, 0.25) is 0 Å². The minimum atomic E-state index is -4.32. The van der Waals surface area contributed by atoms with Crippen molar-refractivity contribution < 1.29 is 13.2 Å². The van der Waals surface area contributed by atoms with Gasteiger partial charge in [0, 0.05) is 23.7 Å². The van der Waals surface area contributed by atoms with Gasteiger partial charge in [-0.3, -0.25) is 4.98 Å². The van der Waals surface area contributed by atoms with E-state index < -0.39 is 11.7 Å². The van der Waals surface area contributed by atoms with Gasteiger partial charge in [0.2, 0.25) is 0 Å². The van der Waals surface area contributed by atoms with Crippen LogP contribution in [0.15, 0.2) is 54.7 Å². The third kappa shape index (κ3) is 3.31. The zero-order valence-corrected chi connectivity index (χ0v) is 12.7. The van der Waals surface area contributed by atoms with E-state index >= 15 is 0 Å². The molecule has 0 aliphatic carbocycles. The fourth-order valence-electron chi connectivity index (χ4n) is 2.54. The van der Waals surface area contributed by atoms with Gasteiger partial charge in [0.15, 0.2) is 0 Å². The second kappa shape index (κ2) is 6.45. The molecule has 0 radical (unpaired) electrons. The van der Waals surface area contributed by atoms with Crippen LogP contribution in [0, 0.1) is 0 Å². The summed E-state index contributed by atoms with van der Waals surface area (Å²) in [6.45, 7) is 0.422. The summed E-state index contributed by atoms with van der Waals surface area (Å²) in [4.78, 5) is 4.39. The molecule has 2 N–H and O–H groups in total. The molecule has 0 aliphatic heterocycles. The lowest BCUT2D eigenvalue weighted by Crippen LogP contribution is -2.03. The summed E-state index contributed by atoms with van der Waals surface area (Å²) in [5.41, 5.74) is 8.50. The van der Waals surface area contributed by atoms with Crippen molar-refractivity contribution in [2.75, 3.05) is 0 Å². The normalized spacial score (nSPS) is 12.2. The van der Waals surface area contributed by atoms with E-state index in [2.05, 4.69) is 4.98 Å². The Bertz CT molecular complexity index is 881. The molecule has 3 aromatic rings. The van der Waals surface area contributed by atoms with Crippen LogP contribution in [0.5, 0.6) is 0 Å². The van der Waals surface area contributed by atoms with E-state index in [1.165, 1.54) is 12.1 Å². The molecule has 0 fully saturated rings. The van der Waals surface area contributed by atoms with E-state index in [1.54, 1.807) is 12.3 Å². The number of pyridine rings is 1. The Morgan fingerprint density at radius 1 is 0.958 bits per heavy atom. The predicted octanol–water partition coefficient (Wildman–Crippen LogP) is 4.88. The highest BCUT2D eigenvalue weighted by Gasteiger charge is 2.29. The summed E-state index contributed by atoms with van der Waals surface area (Å²) in [7, 11) is 0. The first-order valence-electron chi connectivity index (χ1n) is 7.41. The van der Waals surface area contributed by atoms with Crippen molar-refractivity contribution >= 4 is 23.1 Å². The van der Waals surface area contributed by atoms with Gasteiger partial charge in [-0.05, 0) is 29.3 Å². The van der Waals surface area contributed by atoms with Crippen molar-refractivity contribution in [3.05, 3.63) is 77.0 Å². The molecular formula is C19H15F3N2. The Balaban J connectivity index is 1.94. The molecule has 0 aliphatic rings. The van der Waals surface area contributed by atoms with Crippen molar-refractivity contribution in [1.29, 1.82) is 0 Å². The van der Waals surface area contributed by atoms with Crippen molar-refractivity contribution in [1.82, 2.24) is 4.98 Å². The third-order valence-electron chi connectivity index (χ3n) is 3.80. The van der Waals surface area contributed by atoms with Crippen LogP contribution >= 0.6 is 0 Å². The number of rotatable bonds is 3. The minimum Gasteiger partial charge on any atom is -0.326 e. The topological polar surface area (TPSA) is 38.9 Å². The summed E-state index contributed by atoms with van der Waals surface area (Å²) < 4.78 is 37.7. The molecule has 0 spiro atoms. The Morgan fingerprint density at radius 3 is 2.38 bits per heavy atom. The molecule has 3 rings (SSSR count). The van der Waals surface area contributed by atoms with Gasteiger partial charge < -0.3 is 5.73 Å². The van der Waals surface area contributed by atoms with Crippen molar-refractivity contribution in [3.8, 4) is 0 Å². The Labute approximate surface area is 137 Å². The number of halogens is 3. The monoisotopic (exact) mass is 328 g/mol. The average Bonchev–Trinajstić information content (AvgIpc) is 2.59. The van der Waals surface area contributed by atoms with E-state index in [9.17, 15) is 13.2 Å². The van der Waals surface area contributed by atoms with E-state index in [0.29, 0.717) is 12.1 Å². The van der Waals surface area contributed by atoms with Gasteiger partial charge in [0.1, 0.15) is 0 Å². The zero-order valence-electron chi connectivity index (χ0n) is 12.7. The van der Waals surface area contributed by atoms with Crippen LogP contribution in [0.25, 0.3) is 23.1 Å². The number of alkyl halides is 3. The lowest BCUT2D eigenvalue weighted by Gasteiger charge is -2.07. The molecule has 0 saturated carbocycles. The average molecular weight is 328 g/mol. The lowest BCUT2D eigenvalue weighted by atomic mass is 10.0. The molecule has 2 aromatic carbocycles. The summed E-state index contributed by atoms with van der Waals surface area (Å²) in [6.07, 6.45) is 1.00. The van der Waals surface area contributed by atoms with Gasteiger partial charge >= 0.3 is 6.18 Å². The maximum absolute atomic E-state index is 12.6. The Kier molecular flexibility index (Phi) is 4.36. The second-order valence-electron chi connectivity index (χ2n) is 5.37. The van der Waals surface area contributed by atoms with Crippen LogP contribution in [0.1, 0.15) is 22.3 Å². The Morgan fingerprint density at radius 2 is 1.71 bits per heavy atom. The Hall–Kier alpha value is -2.66. The molecule has 1 heterocycles. The van der Waals surface area contributed by atoms with Gasteiger partial charge in [0.25, 0.3) is 0 Å². The molecule has 0 unspecified atom stereocenters. The molecular weight excluding hydrogens is 313 g/mol. The van der Waals surface area contributed by atoms with E-state index in [0.717, 1.165) is 34.2 Å². The highest BCUT2D eigenvalue weighted by molar-refractivity contribution is 5.91. The molecule has 2 nitrogen and oxygen atoms in total. The van der Waals surface area contributed by atoms with Gasteiger partial charge in [-0.15, -0.1) is 0 Å². The standard InChI is InChI=1S/C19H15F3N2/c20-19(21,22)16-9-4-13(5-10-16)3-6-14-7-8-15(12-23)17-2-1-11-24-18(14)17/h1-11H,12,23H2/b6-3+.